The molecule has 0 amide bonds. The summed E-state index contributed by atoms with van der Waals surface area (Å²) in [7, 11) is -3.77. The number of rotatable bonds is 3. The number of thiophene rings is 1. The van der Waals surface area contributed by atoms with E-state index in [2.05, 4.69) is 20.7 Å². The van der Waals surface area contributed by atoms with Crippen molar-refractivity contribution in [3.63, 3.8) is 0 Å². The standard InChI is InChI=1S/C13H10BrCl2NO2S2/c14-10-11(13(16)20-12(10)15)21(18,19)17-9-5-4-7-2-1-3-8(7)6-9/h4-6,17H,1-3H2. The van der Waals surface area contributed by atoms with Crippen LogP contribution in [0, 0.1) is 0 Å². The summed E-state index contributed by atoms with van der Waals surface area (Å²) in [5.41, 5.74) is 3.03. The second-order valence-electron chi connectivity index (χ2n) is 4.74. The Balaban J connectivity index is 1.96. The molecule has 1 aromatic carbocycles. The first-order valence-corrected chi connectivity index (χ1v) is 10.0. The van der Waals surface area contributed by atoms with Crippen LogP contribution in [0.15, 0.2) is 27.6 Å². The van der Waals surface area contributed by atoms with Crippen molar-refractivity contribution >= 4 is 66.2 Å². The highest BCUT2D eigenvalue weighted by molar-refractivity contribution is 9.10. The molecule has 1 aliphatic rings. The molecule has 1 aromatic heterocycles. The quantitative estimate of drug-likeness (QED) is 0.741. The van der Waals surface area contributed by atoms with E-state index in [9.17, 15) is 8.42 Å². The molecule has 112 valence electrons. The third-order valence-electron chi connectivity index (χ3n) is 3.35. The summed E-state index contributed by atoms with van der Waals surface area (Å²) in [6.07, 6.45) is 3.16. The number of nitrogens with one attached hydrogen (secondary N) is 1. The van der Waals surface area contributed by atoms with Gasteiger partial charge < -0.3 is 0 Å². The van der Waals surface area contributed by atoms with E-state index in [4.69, 9.17) is 23.2 Å². The van der Waals surface area contributed by atoms with E-state index < -0.39 is 10.0 Å². The largest absolute Gasteiger partial charge is 0.280 e. The number of anilines is 1. The summed E-state index contributed by atoms with van der Waals surface area (Å²) >= 11 is 16.1. The van der Waals surface area contributed by atoms with Gasteiger partial charge in [0.15, 0.2) is 0 Å². The van der Waals surface area contributed by atoms with E-state index in [1.807, 2.05) is 12.1 Å². The molecule has 0 radical (unpaired) electrons. The molecule has 0 aliphatic heterocycles. The van der Waals surface area contributed by atoms with Crippen molar-refractivity contribution in [3.8, 4) is 0 Å². The predicted octanol–water partition coefficient (Wildman–Crippen LogP) is 5.11. The Hall–Kier alpha value is -0.270. The van der Waals surface area contributed by atoms with Crippen LogP contribution in [0.25, 0.3) is 0 Å². The predicted molar refractivity (Wildman–Crippen MR) is 91.3 cm³/mol. The SMILES string of the molecule is O=S(=O)(Nc1ccc2c(c1)CCC2)c1c(Cl)sc(Cl)c1Br. The first-order valence-electron chi connectivity index (χ1n) is 6.16. The Morgan fingerprint density at radius 1 is 1.14 bits per heavy atom. The van der Waals surface area contributed by atoms with Gasteiger partial charge in [0.25, 0.3) is 10.0 Å². The van der Waals surface area contributed by atoms with Crippen LogP contribution >= 0.6 is 50.5 Å². The average molecular weight is 427 g/mol. The van der Waals surface area contributed by atoms with Crippen LogP contribution in [-0.2, 0) is 22.9 Å². The minimum Gasteiger partial charge on any atom is -0.280 e. The summed E-state index contributed by atoms with van der Waals surface area (Å²) in [6, 6.07) is 5.63. The van der Waals surface area contributed by atoms with Crippen LogP contribution in [0.1, 0.15) is 17.5 Å². The molecule has 0 bridgehead atoms. The highest BCUT2D eigenvalue weighted by Gasteiger charge is 2.26. The number of halogens is 3. The molecule has 0 atom stereocenters. The molecule has 21 heavy (non-hydrogen) atoms. The van der Waals surface area contributed by atoms with Gasteiger partial charge in [0.2, 0.25) is 0 Å². The van der Waals surface area contributed by atoms with Crippen molar-refractivity contribution in [1.29, 1.82) is 0 Å². The second-order valence-corrected chi connectivity index (χ2v) is 9.37. The molecule has 0 fully saturated rings. The molecule has 0 saturated heterocycles. The zero-order chi connectivity index (χ0) is 15.2. The zero-order valence-electron chi connectivity index (χ0n) is 10.6. The van der Waals surface area contributed by atoms with E-state index in [1.54, 1.807) is 6.07 Å². The molecule has 0 spiro atoms. The first-order chi connectivity index (χ1) is 9.88. The van der Waals surface area contributed by atoms with Crippen molar-refractivity contribution < 1.29 is 8.42 Å². The smallest absolute Gasteiger partial charge is 0.265 e. The average Bonchev–Trinajstić information content (AvgIpc) is 2.94. The molecular weight excluding hydrogens is 417 g/mol. The Labute approximate surface area is 145 Å². The Morgan fingerprint density at radius 2 is 1.86 bits per heavy atom. The Kier molecular flexibility index (Phi) is 4.27. The molecule has 1 heterocycles. The van der Waals surface area contributed by atoms with Gasteiger partial charge in [-0.15, -0.1) is 11.3 Å². The van der Waals surface area contributed by atoms with E-state index in [0.29, 0.717) is 14.5 Å². The van der Waals surface area contributed by atoms with E-state index in [1.165, 1.54) is 11.1 Å². The normalized spacial score (nSPS) is 14.2. The van der Waals surface area contributed by atoms with Crippen LogP contribution in [0.4, 0.5) is 5.69 Å². The number of sulfonamides is 1. The number of hydrogen-bond acceptors (Lipinski definition) is 3. The van der Waals surface area contributed by atoms with Gasteiger partial charge in [-0.1, -0.05) is 29.3 Å². The lowest BCUT2D eigenvalue weighted by Crippen LogP contribution is -2.13. The molecular formula is C13H10BrCl2NO2S2. The van der Waals surface area contributed by atoms with E-state index in [-0.39, 0.29) is 9.23 Å². The van der Waals surface area contributed by atoms with Gasteiger partial charge in [-0.25, -0.2) is 8.42 Å². The van der Waals surface area contributed by atoms with Gasteiger partial charge in [0, 0.05) is 5.69 Å². The van der Waals surface area contributed by atoms with Crippen LogP contribution in [0.3, 0.4) is 0 Å². The molecule has 1 aliphatic carbocycles. The molecule has 0 saturated carbocycles. The van der Waals surface area contributed by atoms with Gasteiger partial charge in [0.05, 0.1) is 4.47 Å². The molecule has 3 rings (SSSR count). The maximum Gasteiger partial charge on any atom is 0.265 e. The van der Waals surface area contributed by atoms with Gasteiger partial charge in [-0.05, 0) is 58.5 Å². The highest BCUT2D eigenvalue weighted by Crippen LogP contribution is 2.43. The van der Waals surface area contributed by atoms with Crippen molar-refractivity contribution in [1.82, 2.24) is 0 Å². The zero-order valence-corrected chi connectivity index (χ0v) is 15.4. The van der Waals surface area contributed by atoms with Gasteiger partial charge in [-0.3, -0.25) is 4.72 Å². The maximum absolute atomic E-state index is 12.5. The number of hydrogen-bond donors (Lipinski definition) is 1. The topological polar surface area (TPSA) is 46.2 Å². The first kappa shape index (κ1) is 15.6. The Morgan fingerprint density at radius 3 is 2.52 bits per heavy atom. The molecule has 3 nitrogen and oxygen atoms in total. The van der Waals surface area contributed by atoms with Crippen LogP contribution in [-0.4, -0.2) is 8.42 Å². The fraction of sp³-hybridized carbons (Fsp3) is 0.231. The van der Waals surface area contributed by atoms with Crippen LogP contribution in [0.5, 0.6) is 0 Å². The van der Waals surface area contributed by atoms with E-state index >= 15 is 0 Å². The lowest BCUT2D eigenvalue weighted by molar-refractivity contribution is 0.601. The lowest BCUT2D eigenvalue weighted by atomic mass is 10.1. The monoisotopic (exact) mass is 425 g/mol. The van der Waals surface area contributed by atoms with Gasteiger partial charge >= 0.3 is 0 Å². The van der Waals surface area contributed by atoms with Crippen molar-refractivity contribution in [2.45, 2.75) is 24.2 Å². The summed E-state index contributed by atoms with van der Waals surface area (Å²) in [6.45, 7) is 0. The lowest BCUT2D eigenvalue weighted by Gasteiger charge is -2.09. The molecule has 1 N–H and O–H groups in total. The highest BCUT2D eigenvalue weighted by atomic mass is 79.9. The fourth-order valence-electron chi connectivity index (χ4n) is 2.41. The fourth-order valence-corrected chi connectivity index (χ4v) is 7.02. The van der Waals surface area contributed by atoms with Gasteiger partial charge in [0.1, 0.15) is 13.6 Å². The van der Waals surface area contributed by atoms with Crippen LogP contribution in [0.2, 0.25) is 8.67 Å². The number of aryl methyl sites for hydroxylation is 2. The number of benzene rings is 1. The van der Waals surface area contributed by atoms with Crippen molar-refractivity contribution in [2.75, 3.05) is 4.72 Å². The van der Waals surface area contributed by atoms with Crippen molar-refractivity contribution in [3.05, 3.63) is 42.5 Å². The Bertz CT molecular complexity index is 818. The third kappa shape index (κ3) is 2.97. The second kappa shape index (κ2) is 5.74. The molecule has 0 unspecified atom stereocenters. The summed E-state index contributed by atoms with van der Waals surface area (Å²) in [5.74, 6) is 0. The summed E-state index contributed by atoms with van der Waals surface area (Å²) in [5, 5.41) is 0. The van der Waals surface area contributed by atoms with Crippen LogP contribution < -0.4 is 4.72 Å². The van der Waals surface area contributed by atoms with E-state index in [0.717, 1.165) is 30.6 Å². The number of fused-ring (bicyclic) bond motifs is 1. The summed E-state index contributed by atoms with van der Waals surface area (Å²) in [4.78, 5) is -0.0142. The van der Waals surface area contributed by atoms with Gasteiger partial charge in [-0.2, -0.15) is 0 Å². The van der Waals surface area contributed by atoms with Crippen molar-refractivity contribution in [2.24, 2.45) is 0 Å². The summed E-state index contributed by atoms with van der Waals surface area (Å²) < 4.78 is 28.3. The minimum absolute atomic E-state index is 0.0142. The maximum atomic E-state index is 12.5. The molecule has 2 aromatic rings. The third-order valence-corrected chi connectivity index (χ3v) is 8.19. The minimum atomic E-state index is -3.77. The molecule has 8 heteroatoms.